The van der Waals surface area contributed by atoms with Crippen LogP contribution in [0.25, 0.3) is 0 Å². The van der Waals surface area contributed by atoms with Crippen LogP contribution >= 0.6 is 0 Å². The van der Waals surface area contributed by atoms with Gasteiger partial charge in [0.25, 0.3) is 0 Å². The second kappa shape index (κ2) is 4.99. The third-order valence-electron chi connectivity index (χ3n) is 2.79. The summed E-state index contributed by atoms with van der Waals surface area (Å²) in [6.07, 6.45) is 3.28. The zero-order valence-corrected chi connectivity index (χ0v) is 8.99. The minimum absolute atomic E-state index is 0.120. The summed E-state index contributed by atoms with van der Waals surface area (Å²) in [5, 5.41) is 8.60. The van der Waals surface area contributed by atoms with Crippen molar-refractivity contribution in [3.8, 4) is 6.07 Å². The number of carbonyl (C=O) groups is 1. The lowest BCUT2D eigenvalue weighted by molar-refractivity contribution is -0.135. The van der Waals surface area contributed by atoms with Crippen molar-refractivity contribution >= 4 is 5.91 Å². The maximum Gasteiger partial charge on any atom is 0.226 e. The van der Waals surface area contributed by atoms with E-state index in [4.69, 9.17) is 5.26 Å². The summed E-state index contributed by atoms with van der Waals surface area (Å²) in [6.45, 7) is 4.96. The molecule has 78 valence electrons. The van der Waals surface area contributed by atoms with E-state index in [2.05, 4.69) is 6.07 Å². The van der Waals surface area contributed by atoms with E-state index >= 15 is 0 Å². The molecule has 0 aromatic rings. The van der Waals surface area contributed by atoms with E-state index in [0.29, 0.717) is 12.5 Å². The lowest BCUT2D eigenvalue weighted by Crippen LogP contribution is -2.36. The van der Waals surface area contributed by atoms with Gasteiger partial charge in [0.2, 0.25) is 5.91 Å². The largest absolute Gasteiger partial charge is 0.329 e. The molecule has 1 unspecified atom stereocenters. The molecule has 0 aliphatic heterocycles. The molecule has 1 fully saturated rings. The number of rotatable bonds is 5. The first-order chi connectivity index (χ1) is 6.70. The molecule has 0 saturated heterocycles. The molecule has 0 spiro atoms. The van der Waals surface area contributed by atoms with Gasteiger partial charge in [-0.1, -0.05) is 13.8 Å². The highest BCUT2D eigenvalue weighted by Gasteiger charge is 2.34. The highest BCUT2D eigenvalue weighted by Crippen LogP contribution is 2.37. The number of hydrogen-bond acceptors (Lipinski definition) is 2. The van der Waals surface area contributed by atoms with Gasteiger partial charge in [-0.15, -0.1) is 0 Å². The summed E-state index contributed by atoms with van der Waals surface area (Å²) in [4.78, 5) is 13.6. The highest BCUT2D eigenvalue weighted by molar-refractivity contribution is 5.79. The third kappa shape index (κ3) is 2.73. The molecule has 14 heavy (non-hydrogen) atoms. The van der Waals surface area contributed by atoms with E-state index in [-0.39, 0.29) is 18.4 Å². The molecule has 0 radical (unpaired) electrons. The van der Waals surface area contributed by atoms with Crippen molar-refractivity contribution < 1.29 is 4.79 Å². The van der Waals surface area contributed by atoms with Crippen molar-refractivity contribution in [2.75, 3.05) is 13.1 Å². The van der Waals surface area contributed by atoms with Gasteiger partial charge in [0, 0.05) is 12.5 Å². The molecule has 1 amide bonds. The second-order valence-electron chi connectivity index (χ2n) is 4.04. The van der Waals surface area contributed by atoms with E-state index in [1.165, 1.54) is 12.8 Å². The molecule has 1 saturated carbocycles. The van der Waals surface area contributed by atoms with Crippen molar-refractivity contribution in [1.82, 2.24) is 4.90 Å². The lowest BCUT2D eigenvalue weighted by Gasteiger charge is -2.22. The average Bonchev–Trinajstić information content (AvgIpc) is 2.98. The Hall–Kier alpha value is -1.04. The molecule has 0 aromatic carbocycles. The smallest absolute Gasteiger partial charge is 0.226 e. The Balaban J connectivity index is 2.48. The molecule has 3 nitrogen and oxygen atoms in total. The van der Waals surface area contributed by atoms with Crippen LogP contribution in [0.3, 0.4) is 0 Å². The van der Waals surface area contributed by atoms with Crippen LogP contribution in [0.15, 0.2) is 0 Å². The van der Waals surface area contributed by atoms with Crippen LogP contribution in [0.5, 0.6) is 0 Å². The van der Waals surface area contributed by atoms with Gasteiger partial charge in [-0.25, -0.2) is 0 Å². The van der Waals surface area contributed by atoms with Crippen molar-refractivity contribution in [3.05, 3.63) is 0 Å². The Kier molecular flexibility index (Phi) is 3.94. The Morgan fingerprint density at radius 1 is 1.64 bits per heavy atom. The van der Waals surface area contributed by atoms with Gasteiger partial charge in [-0.05, 0) is 25.2 Å². The standard InChI is InChI=1S/C11H18N2O/c1-3-7-13(8-6-12)11(14)9(2)10-4-5-10/h9-10H,3-5,7-8H2,1-2H3. The van der Waals surface area contributed by atoms with Crippen LogP contribution in [0.4, 0.5) is 0 Å². The number of hydrogen-bond donors (Lipinski definition) is 0. The van der Waals surface area contributed by atoms with E-state index in [9.17, 15) is 4.79 Å². The fourth-order valence-electron chi connectivity index (χ4n) is 1.71. The molecule has 1 atom stereocenters. The van der Waals surface area contributed by atoms with Crippen molar-refractivity contribution in [2.24, 2.45) is 11.8 Å². The summed E-state index contributed by atoms with van der Waals surface area (Å²) < 4.78 is 0. The molecule has 0 N–H and O–H groups in total. The summed E-state index contributed by atoms with van der Waals surface area (Å²) in [7, 11) is 0. The number of nitriles is 1. The number of carbonyl (C=O) groups excluding carboxylic acids is 1. The summed E-state index contributed by atoms with van der Waals surface area (Å²) in [5.41, 5.74) is 0. The molecule has 1 rings (SSSR count). The monoisotopic (exact) mass is 194 g/mol. The number of nitrogens with zero attached hydrogens (tertiary/aromatic N) is 2. The molecular formula is C11H18N2O. The first-order valence-electron chi connectivity index (χ1n) is 5.36. The molecule has 0 bridgehead atoms. The van der Waals surface area contributed by atoms with E-state index < -0.39 is 0 Å². The van der Waals surface area contributed by atoms with Crippen LogP contribution in [0.1, 0.15) is 33.1 Å². The van der Waals surface area contributed by atoms with Gasteiger partial charge in [0.05, 0.1) is 6.07 Å². The molecular weight excluding hydrogens is 176 g/mol. The average molecular weight is 194 g/mol. The summed E-state index contributed by atoms with van der Waals surface area (Å²) >= 11 is 0. The van der Waals surface area contributed by atoms with E-state index in [1.54, 1.807) is 4.90 Å². The molecule has 0 aromatic heterocycles. The zero-order chi connectivity index (χ0) is 10.6. The normalized spacial score (nSPS) is 17.2. The SMILES string of the molecule is CCCN(CC#N)C(=O)C(C)C1CC1. The lowest BCUT2D eigenvalue weighted by atomic mass is 10.0. The summed E-state index contributed by atoms with van der Waals surface area (Å²) in [5.74, 6) is 0.867. The molecule has 0 heterocycles. The van der Waals surface area contributed by atoms with Crippen molar-refractivity contribution in [2.45, 2.75) is 33.1 Å². The van der Waals surface area contributed by atoms with Crippen LogP contribution in [0.2, 0.25) is 0 Å². The van der Waals surface area contributed by atoms with Crippen LogP contribution in [0, 0.1) is 23.2 Å². The third-order valence-corrected chi connectivity index (χ3v) is 2.79. The maximum absolute atomic E-state index is 11.9. The van der Waals surface area contributed by atoms with Gasteiger partial charge < -0.3 is 4.90 Å². The predicted molar refractivity (Wildman–Crippen MR) is 54.4 cm³/mol. The van der Waals surface area contributed by atoms with Crippen LogP contribution in [-0.4, -0.2) is 23.9 Å². The van der Waals surface area contributed by atoms with Crippen molar-refractivity contribution in [1.29, 1.82) is 5.26 Å². The molecule has 1 aliphatic carbocycles. The summed E-state index contributed by atoms with van der Waals surface area (Å²) in [6, 6.07) is 2.05. The minimum atomic E-state index is 0.120. The maximum atomic E-state index is 11.9. The topological polar surface area (TPSA) is 44.1 Å². The first kappa shape index (κ1) is 11.0. The minimum Gasteiger partial charge on any atom is -0.329 e. The molecule has 3 heteroatoms. The Morgan fingerprint density at radius 2 is 2.29 bits per heavy atom. The highest BCUT2D eigenvalue weighted by atomic mass is 16.2. The van der Waals surface area contributed by atoms with Gasteiger partial charge in [0.1, 0.15) is 6.54 Å². The van der Waals surface area contributed by atoms with Crippen LogP contribution < -0.4 is 0 Å². The Bertz CT molecular complexity index is 240. The second-order valence-corrected chi connectivity index (χ2v) is 4.04. The van der Waals surface area contributed by atoms with Gasteiger partial charge in [-0.3, -0.25) is 4.79 Å². The van der Waals surface area contributed by atoms with Crippen LogP contribution in [-0.2, 0) is 4.79 Å². The van der Waals surface area contributed by atoms with Gasteiger partial charge >= 0.3 is 0 Å². The zero-order valence-electron chi connectivity index (χ0n) is 8.99. The predicted octanol–water partition coefficient (Wildman–Crippen LogP) is 1.79. The number of amides is 1. The van der Waals surface area contributed by atoms with E-state index in [1.807, 2.05) is 13.8 Å². The van der Waals surface area contributed by atoms with Crippen molar-refractivity contribution in [3.63, 3.8) is 0 Å². The van der Waals surface area contributed by atoms with Gasteiger partial charge in [-0.2, -0.15) is 5.26 Å². The van der Waals surface area contributed by atoms with E-state index in [0.717, 1.165) is 6.42 Å². The fourth-order valence-corrected chi connectivity index (χ4v) is 1.71. The van der Waals surface area contributed by atoms with Gasteiger partial charge in [0.15, 0.2) is 0 Å². The fraction of sp³-hybridized carbons (Fsp3) is 0.818. The quantitative estimate of drug-likeness (QED) is 0.626. The Morgan fingerprint density at radius 3 is 2.71 bits per heavy atom. The molecule has 1 aliphatic rings. The Labute approximate surface area is 85.7 Å². The first-order valence-corrected chi connectivity index (χ1v) is 5.36.